The lowest BCUT2D eigenvalue weighted by atomic mass is 9.43. The minimum absolute atomic E-state index is 0.108. The zero-order chi connectivity index (χ0) is 22.1. The predicted octanol–water partition coefficient (Wildman–Crippen LogP) is 0.787. The number of aliphatic hydroxyl groups excluding tert-OH is 3. The normalized spacial score (nSPS) is 58.1. The molecule has 0 radical (unpaired) electrons. The third kappa shape index (κ3) is 2.88. The first-order valence-electron chi connectivity index (χ1n) is 11.1. The maximum atomic E-state index is 11.3. The van der Waals surface area contributed by atoms with E-state index in [1.807, 2.05) is 0 Å². The third-order valence-electron chi connectivity index (χ3n) is 9.48. The van der Waals surface area contributed by atoms with Crippen molar-refractivity contribution >= 4 is 0 Å². The van der Waals surface area contributed by atoms with Gasteiger partial charge in [0.2, 0.25) is 0 Å². The Morgan fingerprint density at radius 3 is 2.27 bits per heavy atom. The van der Waals surface area contributed by atoms with Crippen molar-refractivity contribution < 1.29 is 39.4 Å². The zero-order valence-corrected chi connectivity index (χ0v) is 18.7. The molecule has 4 rings (SSSR count). The lowest BCUT2D eigenvalue weighted by molar-refractivity contribution is -0.225. The van der Waals surface area contributed by atoms with Crippen LogP contribution in [0.5, 0.6) is 0 Å². The first kappa shape index (κ1) is 22.9. The molecule has 4 N–H and O–H groups in total. The van der Waals surface area contributed by atoms with Crippen LogP contribution >= 0.6 is 0 Å². The highest BCUT2D eigenvalue weighted by Crippen LogP contribution is 2.68. The summed E-state index contributed by atoms with van der Waals surface area (Å²) in [6, 6.07) is 0. The Balaban J connectivity index is 1.61. The van der Waals surface area contributed by atoms with E-state index < -0.39 is 42.1 Å². The molecule has 0 amide bonds. The minimum atomic E-state index is -1.59. The first-order chi connectivity index (χ1) is 14.0. The molecule has 2 saturated heterocycles. The summed E-state index contributed by atoms with van der Waals surface area (Å²) in [5, 5.41) is 43.4. The average molecular weight is 431 g/mol. The topological polar surface area (TPSA) is 121 Å². The quantitative estimate of drug-likeness (QED) is 0.473. The molecule has 1 spiro atoms. The van der Waals surface area contributed by atoms with Gasteiger partial charge in [0.15, 0.2) is 12.6 Å². The number of epoxide rings is 1. The van der Waals surface area contributed by atoms with E-state index in [4.69, 9.17) is 18.9 Å². The van der Waals surface area contributed by atoms with E-state index in [2.05, 4.69) is 20.8 Å². The van der Waals surface area contributed by atoms with E-state index in [1.54, 1.807) is 0 Å². The van der Waals surface area contributed by atoms with Crippen LogP contribution in [-0.2, 0) is 18.9 Å². The van der Waals surface area contributed by atoms with Crippen LogP contribution in [0.3, 0.4) is 0 Å². The fourth-order valence-corrected chi connectivity index (χ4v) is 7.01. The van der Waals surface area contributed by atoms with Crippen LogP contribution in [0.15, 0.2) is 0 Å². The Morgan fingerprint density at radius 1 is 1.03 bits per heavy atom. The van der Waals surface area contributed by atoms with Crippen molar-refractivity contribution in [3.05, 3.63) is 0 Å². The molecule has 0 unspecified atom stereocenters. The van der Waals surface area contributed by atoms with E-state index in [0.717, 1.165) is 12.8 Å². The van der Waals surface area contributed by atoms with Crippen LogP contribution in [0.25, 0.3) is 0 Å². The summed E-state index contributed by atoms with van der Waals surface area (Å²) in [5.74, 6) is 0.452. The van der Waals surface area contributed by atoms with Crippen LogP contribution in [0.1, 0.15) is 52.9 Å². The van der Waals surface area contributed by atoms with Crippen molar-refractivity contribution in [2.24, 2.45) is 22.7 Å². The Morgan fingerprint density at radius 2 is 1.70 bits per heavy atom. The van der Waals surface area contributed by atoms with E-state index in [0.29, 0.717) is 25.4 Å². The monoisotopic (exact) mass is 430 g/mol. The summed E-state index contributed by atoms with van der Waals surface area (Å²) in [7, 11) is 2.86. The number of ether oxygens (including phenoxy) is 4. The number of methoxy groups -OCH3 is 2. The van der Waals surface area contributed by atoms with Gasteiger partial charge in [-0.1, -0.05) is 20.8 Å². The average Bonchev–Trinajstić information content (AvgIpc) is 3.49. The summed E-state index contributed by atoms with van der Waals surface area (Å²) in [6.45, 7) is 7.09. The van der Waals surface area contributed by atoms with Crippen LogP contribution < -0.4 is 0 Å². The van der Waals surface area contributed by atoms with Crippen molar-refractivity contribution in [1.82, 2.24) is 0 Å². The second-order valence-electron chi connectivity index (χ2n) is 10.6. The maximum absolute atomic E-state index is 11.3. The molecule has 2 saturated carbocycles. The van der Waals surface area contributed by atoms with Crippen LogP contribution in [0.2, 0.25) is 0 Å². The SMILES string of the molecule is CO[C@@H]1O[C@H](OC)[C@](O)(CC[C@@]2(C)[C@H](C)CC[C@]3(C)[C@@H]2C[C@H](O)[C@H](O)[C@@]32CO2)[C@@H]1O. The molecule has 30 heavy (non-hydrogen) atoms. The lowest BCUT2D eigenvalue weighted by Crippen LogP contribution is -2.65. The van der Waals surface area contributed by atoms with Gasteiger partial charge in [-0.15, -0.1) is 0 Å². The van der Waals surface area contributed by atoms with Crippen LogP contribution in [0.4, 0.5) is 0 Å². The highest BCUT2D eigenvalue weighted by molar-refractivity contribution is 5.21. The molecule has 0 aromatic heterocycles. The molecule has 0 aromatic carbocycles. The van der Waals surface area contributed by atoms with Crippen molar-refractivity contribution in [3.8, 4) is 0 Å². The Hall–Kier alpha value is -0.320. The minimum Gasteiger partial charge on any atom is -0.390 e. The largest absolute Gasteiger partial charge is 0.390 e. The van der Waals surface area contributed by atoms with Gasteiger partial charge in [-0.2, -0.15) is 0 Å². The van der Waals surface area contributed by atoms with Gasteiger partial charge in [0, 0.05) is 19.6 Å². The van der Waals surface area contributed by atoms with Gasteiger partial charge < -0.3 is 39.4 Å². The molecule has 8 heteroatoms. The smallest absolute Gasteiger partial charge is 0.191 e. The van der Waals surface area contributed by atoms with Crippen molar-refractivity contribution in [2.75, 3.05) is 20.8 Å². The first-order valence-corrected chi connectivity index (χ1v) is 11.1. The second kappa shape index (κ2) is 7.35. The van der Waals surface area contributed by atoms with Crippen molar-refractivity contribution in [2.45, 2.75) is 95.0 Å². The maximum Gasteiger partial charge on any atom is 0.191 e. The van der Waals surface area contributed by atoms with Gasteiger partial charge >= 0.3 is 0 Å². The van der Waals surface area contributed by atoms with E-state index in [-0.39, 0.29) is 23.2 Å². The number of fused-ring (bicyclic) bond motifs is 2. The van der Waals surface area contributed by atoms with Gasteiger partial charge in [0.05, 0.1) is 12.7 Å². The summed E-state index contributed by atoms with van der Waals surface area (Å²) in [5.41, 5.74) is -2.76. The van der Waals surface area contributed by atoms with E-state index in [1.165, 1.54) is 14.2 Å². The Labute approximate surface area is 178 Å². The summed E-state index contributed by atoms with van der Waals surface area (Å²) >= 11 is 0. The van der Waals surface area contributed by atoms with Crippen molar-refractivity contribution in [3.63, 3.8) is 0 Å². The van der Waals surface area contributed by atoms with Gasteiger partial charge in [-0.05, 0) is 49.4 Å². The molecule has 11 atom stereocenters. The van der Waals surface area contributed by atoms with Crippen LogP contribution in [-0.4, -0.2) is 83.3 Å². The fourth-order valence-electron chi connectivity index (χ4n) is 7.01. The molecule has 2 heterocycles. The molecule has 4 aliphatic rings. The molecule has 0 bridgehead atoms. The highest BCUT2D eigenvalue weighted by atomic mass is 16.8. The third-order valence-corrected chi connectivity index (χ3v) is 9.48. The van der Waals surface area contributed by atoms with Gasteiger partial charge in [-0.25, -0.2) is 0 Å². The highest BCUT2D eigenvalue weighted by Gasteiger charge is 2.73. The number of hydrogen-bond donors (Lipinski definition) is 4. The summed E-state index contributed by atoms with van der Waals surface area (Å²) < 4.78 is 21.9. The summed E-state index contributed by atoms with van der Waals surface area (Å²) in [4.78, 5) is 0. The van der Waals surface area contributed by atoms with E-state index >= 15 is 0 Å². The second-order valence-corrected chi connectivity index (χ2v) is 10.6. The molecular weight excluding hydrogens is 392 g/mol. The molecule has 2 aliphatic heterocycles. The number of aliphatic hydroxyl groups is 4. The summed E-state index contributed by atoms with van der Waals surface area (Å²) in [6.07, 6.45) is -1.57. The molecule has 4 fully saturated rings. The molecular formula is C22H38O8. The fraction of sp³-hybridized carbons (Fsp3) is 1.00. The number of rotatable bonds is 5. The standard InChI is InChI=1S/C22H38O8/c1-12-6-7-20(3)14(10-13(23)15(24)22(20)11-29-22)19(12,2)8-9-21(26)16(25)17(27-4)30-18(21)28-5/h12-18,23-26H,6-11H2,1-5H3/t12-,13+,14-,15+,16-,17-,18+,19+,20-,21+,22+/m1/s1. The van der Waals surface area contributed by atoms with Crippen LogP contribution in [0, 0.1) is 22.7 Å². The lowest BCUT2D eigenvalue weighted by Gasteiger charge is -2.62. The Bertz CT molecular complexity index is 651. The Kier molecular flexibility index (Phi) is 5.60. The number of hydrogen-bond acceptors (Lipinski definition) is 8. The molecule has 174 valence electrons. The molecule has 2 aliphatic carbocycles. The van der Waals surface area contributed by atoms with Gasteiger partial charge in [-0.3, -0.25) is 0 Å². The molecule has 8 nitrogen and oxygen atoms in total. The predicted molar refractivity (Wildman–Crippen MR) is 106 cm³/mol. The zero-order valence-electron chi connectivity index (χ0n) is 18.7. The van der Waals surface area contributed by atoms with Gasteiger partial charge in [0.25, 0.3) is 0 Å². The van der Waals surface area contributed by atoms with Crippen molar-refractivity contribution in [1.29, 1.82) is 0 Å². The van der Waals surface area contributed by atoms with E-state index in [9.17, 15) is 20.4 Å². The molecule has 0 aromatic rings. The van der Waals surface area contributed by atoms with Gasteiger partial charge in [0.1, 0.15) is 23.4 Å².